The third-order valence-electron chi connectivity index (χ3n) is 3.33. The maximum Gasteiger partial charge on any atom is 0.364 e. The Bertz CT molecular complexity index is 523. The monoisotopic (exact) mass is 266 g/mol. The quantitative estimate of drug-likeness (QED) is 0.795. The van der Waals surface area contributed by atoms with Crippen molar-refractivity contribution in [2.75, 3.05) is 13.1 Å². The van der Waals surface area contributed by atoms with Crippen LogP contribution < -0.4 is 5.69 Å². The highest BCUT2D eigenvalue weighted by molar-refractivity contribution is 5.81. The van der Waals surface area contributed by atoms with Crippen LogP contribution in [-0.2, 0) is 11.8 Å². The first-order chi connectivity index (χ1) is 8.79. The van der Waals surface area contributed by atoms with Crippen molar-refractivity contribution in [2.45, 2.75) is 39.7 Å². The van der Waals surface area contributed by atoms with Crippen LogP contribution in [0.2, 0.25) is 0 Å². The van der Waals surface area contributed by atoms with Gasteiger partial charge in [0.05, 0.1) is 0 Å². The van der Waals surface area contributed by atoms with Crippen molar-refractivity contribution < 1.29 is 4.79 Å². The Hall–Kier alpha value is -1.59. The SMILES string of the molecule is Cn1cnc(=O)n1C1CCCN(CC(C)(C)C)C1=O. The van der Waals surface area contributed by atoms with E-state index in [-0.39, 0.29) is 17.0 Å². The van der Waals surface area contributed by atoms with Gasteiger partial charge in [-0.1, -0.05) is 20.8 Å². The van der Waals surface area contributed by atoms with E-state index in [0.717, 1.165) is 19.5 Å². The van der Waals surface area contributed by atoms with Gasteiger partial charge < -0.3 is 4.90 Å². The van der Waals surface area contributed by atoms with Gasteiger partial charge in [0.15, 0.2) is 0 Å². The molecule has 2 heterocycles. The first-order valence-electron chi connectivity index (χ1n) is 6.68. The standard InChI is InChI=1S/C13H22N4O2/c1-13(2,3)8-16-7-5-6-10(11(16)18)17-12(19)14-9-15(17)4/h9-10H,5-8H2,1-4H3. The number of piperidine rings is 1. The molecule has 1 amide bonds. The van der Waals surface area contributed by atoms with E-state index in [1.807, 2.05) is 4.90 Å². The summed E-state index contributed by atoms with van der Waals surface area (Å²) in [4.78, 5) is 29.9. The zero-order chi connectivity index (χ0) is 14.2. The van der Waals surface area contributed by atoms with E-state index in [1.165, 1.54) is 11.0 Å². The second-order valence-electron chi connectivity index (χ2n) is 6.42. The molecule has 6 nitrogen and oxygen atoms in total. The molecular weight excluding hydrogens is 244 g/mol. The van der Waals surface area contributed by atoms with Crippen LogP contribution >= 0.6 is 0 Å². The Morgan fingerprint density at radius 1 is 1.37 bits per heavy atom. The molecule has 106 valence electrons. The molecule has 0 aliphatic carbocycles. The van der Waals surface area contributed by atoms with Gasteiger partial charge in [0.2, 0.25) is 5.91 Å². The summed E-state index contributed by atoms with van der Waals surface area (Å²) in [5.74, 6) is 0.0341. The van der Waals surface area contributed by atoms with Crippen molar-refractivity contribution in [3.63, 3.8) is 0 Å². The Kier molecular flexibility index (Phi) is 3.52. The smallest absolute Gasteiger partial charge is 0.340 e. The molecule has 0 N–H and O–H groups in total. The van der Waals surface area contributed by atoms with E-state index in [1.54, 1.807) is 11.7 Å². The predicted molar refractivity (Wildman–Crippen MR) is 71.8 cm³/mol. The highest BCUT2D eigenvalue weighted by Crippen LogP contribution is 2.25. The van der Waals surface area contributed by atoms with Crippen LogP contribution in [0.5, 0.6) is 0 Å². The molecule has 19 heavy (non-hydrogen) atoms. The van der Waals surface area contributed by atoms with Gasteiger partial charge in [-0.2, -0.15) is 4.98 Å². The fourth-order valence-electron chi connectivity index (χ4n) is 2.61. The Labute approximate surface area is 113 Å². The molecule has 0 saturated carbocycles. The van der Waals surface area contributed by atoms with E-state index >= 15 is 0 Å². The van der Waals surface area contributed by atoms with Gasteiger partial charge in [0, 0.05) is 20.1 Å². The number of amides is 1. The molecule has 1 aliphatic rings. The van der Waals surface area contributed by atoms with Crippen molar-refractivity contribution >= 4 is 5.91 Å². The van der Waals surface area contributed by atoms with Gasteiger partial charge >= 0.3 is 5.69 Å². The van der Waals surface area contributed by atoms with E-state index in [0.29, 0.717) is 6.42 Å². The molecule has 1 atom stereocenters. The number of aryl methyl sites for hydroxylation is 1. The summed E-state index contributed by atoms with van der Waals surface area (Å²) >= 11 is 0. The summed E-state index contributed by atoms with van der Waals surface area (Å²) in [6, 6.07) is -0.406. The zero-order valence-electron chi connectivity index (χ0n) is 12.1. The molecule has 0 bridgehead atoms. The largest absolute Gasteiger partial charge is 0.364 e. The van der Waals surface area contributed by atoms with Gasteiger partial charge in [-0.3, -0.25) is 9.48 Å². The van der Waals surface area contributed by atoms with Crippen LogP contribution in [0.4, 0.5) is 0 Å². The normalized spacial score (nSPS) is 20.9. The van der Waals surface area contributed by atoms with Gasteiger partial charge in [0.25, 0.3) is 0 Å². The average molecular weight is 266 g/mol. The minimum Gasteiger partial charge on any atom is -0.340 e. The number of hydrogen-bond acceptors (Lipinski definition) is 3. The molecule has 0 spiro atoms. The summed E-state index contributed by atoms with van der Waals surface area (Å²) in [5, 5.41) is 0. The lowest BCUT2D eigenvalue weighted by Crippen LogP contribution is -2.48. The lowest BCUT2D eigenvalue weighted by atomic mass is 9.94. The van der Waals surface area contributed by atoms with Crippen molar-refractivity contribution in [3.05, 3.63) is 16.8 Å². The number of rotatable bonds is 2. The summed E-state index contributed by atoms with van der Waals surface area (Å²) in [7, 11) is 1.74. The summed E-state index contributed by atoms with van der Waals surface area (Å²) in [6.07, 6.45) is 3.08. The molecular formula is C13H22N4O2. The van der Waals surface area contributed by atoms with Gasteiger partial charge in [-0.15, -0.1) is 0 Å². The minimum atomic E-state index is -0.406. The first kappa shape index (κ1) is 13.8. The maximum absolute atomic E-state index is 12.5. The minimum absolute atomic E-state index is 0.0341. The fraction of sp³-hybridized carbons (Fsp3) is 0.769. The van der Waals surface area contributed by atoms with E-state index < -0.39 is 6.04 Å². The number of hydrogen-bond donors (Lipinski definition) is 0. The molecule has 6 heteroatoms. The topological polar surface area (TPSA) is 60.1 Å². The van der Waals surface area contributed by atoms with Crippen LogP contribution in [0.15, 0.2) is 11.1 Å². The highest BCUT2D eigenvalue weighted by Gasteiger charge is 2.33. The molecule has 1 unspecified atom stereocenters. The molecule has 1 fully saturated rings. The van der Waals surface area contributed by atoms with Gasteiger partial charge in [-0.05, 0) is 18.3 Å². The summed E-state index contributed by atoms with van der Waals surface area (Å²) < 4.78 is 3.06. The fourth-order valence-corrected chi connectivity index (χ4v) is 2.61. The molecule has 1 aromatic heterocycles. The van der Waals surface area contributed by atoms with E-state index in [9.17, 15) is 9.59 Å². The summed E-state index contributed by atoms with van der Waals surface area (Å²) in [5.41, 5.74) is -0.284. The molecule has 0 aromatic carbocycles. The lowest BCUT2D eigenvalue weighted by molar-refractivity contribution is -0.139. The van der Waals surface area contributed by atoms with Gasteiger partial charge in [0.1, 0.15) is 12.4 Å². The maximum atomic E-state index is 12.5. The lowest BCUT2D eigenvalue weighted by Gasteiger charge is -2.36. The van der Waals surface area contributed by atoms with Crippen molar-refractivity contribution in [3.8, 4) is 0 Å². The highest BCUT2D eigenvalue weighted by atomic mass is 16.2. The third-order valence-corrected chi connectivity index (χ3v) is 3.33. The van der Waals surface area contributed by atoms with Crippen LogP contribution in [0.1, 0.15) is 39.7 Å². The van der Waals surface area contributed by atoms with Gasteiger partial charge in [-0.25, -0.2) is 9.48 Å². The molecule has 0 radical (unpaired) electrons. The number of nitrogens with zero attached hydrogens (tertiary/aromatic N) is 4. The van der Waals surface area contributed by atoms with Crippen LogP contribution in [0, 0.1) is 5.41 Å². The molecule has 1 saturated heterocycles. The van der Waals surface area contributed by atoms with E-state index in [4.69, 9.17) is 0 Å². The van der Waals surface area contributed by atoms with Crippen molar-refractivity contribution in [1.82, 2.24) is 19.2 Å². The number of aromatic nitrogens is 3. The van der Waals surface area contributed by atoms with Crippen LogP contribution in [0.25, 0.3) is 0 Å². The summed E-state index contributed by atoms with van der Waals surface area (Å²) in [6.45, 7) is 7.83. The molecule has 2 rings (SSSR count). The Balaban J connectivity index is 2.24. The Morgan fingerprint density at radius 2 is 2.05 bits per heavy atom. The number of carbonyl (C=O) groups is 1. The molecule has 1 aliphatic heterocycles. The van der Waals surface area contributed by atoms with Crippen molar-refractivity contribution in [1.29, 1.82) is 0 Å². The van der Waals surface area contributed by atoms with Crippen molar-refractivity contribution in [2.24, 2.45) is 12.5 Å². The predicted octanol–water partition coefficient (Wildman–Crippen LogP) is 0.791. The van der Waals surface area contributed by atoms with Crippen LogP contribution in [0.3, 0.4) is 0 Å². The van der Waals surface area contributed by atoms with Crippen LogP contribution in [-0.4, -0.2) is 38.2 Å². The number of carbonyl (C=O) groups excluding carboxylic acids is 1. The third kappa shape index (κ3) is 2.88. The second-order valence-corrected chi connectivity index (χ2v) is 6.42. The first-order valence-corrected chi connectivity index (χ1v) is 6.68. The number of likely N-dealkylation sites (tertiary alicyclic amines) is 1. The Morgan fingerprint density at radius 3 is 2.58 bits per heavy atom. The van der Waals surface area contributed by atoms with E-state index in [2.05, 4.69) is 25.8 Å². The zero-order valence-corrected chi connectivity index (χ0v) is 12.1. The second kappa shape index (κ2) is 4.83. The molecule has 1 aromatic rings. The average Bonchev–Trinajstić information content (AvgIpc) is 2.61.